The second-order valence-corrected chi connectivity index (χ2v) is 15.8. The van der Waals surface area contributed by atoms with Crippen molar-refractivity contribution in [3.8, 4) is 22.5 Å². The zero-order chi connectivity index (χ0) is 38.5. The Bertz CT molecular complexity index is 2050. The zero-order valence-electron chi connectivity index (χ0n) is 32.7. The molecule has 3 heterocycles. The molecule has 0 fully saturated rings. The summed E-state index contributed by atoms with van der Waals surface area (Å²) in [6.07, 6.45) is 3.62. The number of halogens is 2. The fourth-order valence-corrected chi connectivity index (χ4v) is 6.31. The fraction of sp³-hybridized carbons (Fsp3) is 0.271. The Hall–Kier alpha value is -4.71. The number of anilines is 3. The first-order valence-electron chi connectivity index (χ1n) is 18.6. The second-order valence-electron chi connectivity index (χ2n) is 15.8. The molecule has 2 aromatic heterocycles. The molecule has 0 aliphatic carbocycles. The van der Waals surface area contributed by atoms with Gasteiger partial charge in [-0.2, -0.15) is 37.0 Å². The van der Waals surface area contributed by atoms with Gasteiger partial charge in [0.05, 0.1) is 0 Å². The summed E-state index contributed by atoms with van der Waals surface area (Å²) < 4.78 is 26.9. The first-order valence-corrected chi connectivity index (χ1v) is 18.6. The van der Waals surface area contributed by atoms with E-state index in [-0.39, 0.29) is 42.6 Å². The summed E-state index contributed by atoms with van der Waals surface area (Å²) in [6, 6.07) is 43.3. The minimum absolute atomic E-state index is 0. The summed E-state index contributed by atoms with van der Waals surface area (Å²) in [6.45, 7) is 15.2. The van der Waals surface area contributed by atoms with Gasteiger partial charge in [0.1, 0.15) is 0 Å². The van der Waals surface area contributed by atoms with Crippen LogP contribution in [0.25, 0.3) is 22.5 Å². The van der Waals surface area contributed by atoms with E-state index in [1.807, 2.05) is 18.2 Å². The van der Waals surface area contributed by atoms with Crippen LogP contribution in [-0.4, -0.2) is 17.0 Å². The molecule has 0 atom stereocenters. The van der Waals surface area contributed by atoms with Gasteiger partial charge in [0.2, 0.25) is 0 Å². The predicted molar refractivity (Wildman–Crippen MR) is 218 cm³/mol. The molecule has 0 spiro atoms. The number of aromatic nitrogens is 2. The van der Waals surface area contributed by atoms with E-state index in [2.05, 4.69) is 138 Å². The van der Waals surface area contributed by atoms with Crippen LogP contribution in [0.4, 0.5) is 25.8 Å². The van der Waals surface area contributed by atoms with E-state index in [4.69, 9.17) is 9.97 Å². The topological polar surface area (TPSA) is 32.3 Å². The number of rotatable bonds is 8. The van der Waals surface area contributed by atoms with E-state index in [0.29, 0.717) is 0 Å². The summed E-state index contributed by atoms with van der Waals surface area (Å²) >= 11 is 0. The number of hydrogen-bond acceptors (Lipinski definition) is 4. The van der Waals surface area contributed by atoms with Crippen molar-refractivity contribution in [3.63, 3.8) is 0 Å². The average molecular weight is 911 g/mol. The third kappa shape index (κ3) is 10.7. The SMILES string of the molecule is CC(C)(C)c1cc(CCCCc2cc(C(C)(C)C)cc(-c3[c-]cc(F)cc3)n2)nc(-c2[c-]cc(F)cc2)c1.CN1[CH-]N(c2[c-]cccc2)c2ccccc21.[Ir]. The number of benzene rings is 4. The van der Waals surface area contributed by atoms with E-state index >= 15 is 0 Å². The van der Waals surface area contributed by atoms with Gasteiger partial charge in [0.25, 0.3) is 0 Å². The van der Waals surface area contributed by atoms with E-state index in [9.17, 15) is 8.78 Å². The van der Waals surface area contributed by atoms with Gasteiger partial charge < -0.3 is 19.8 Å². The quantitative estimate of drug-likeness (QED) is 0.112. The van der Waals surface area contributed by atoms with Gasteiger partial charge in [0, 0.05) is 54.5 Å². The van der Waals surface area contributed by atoms with Crippen LogP contribution >= 0.6 is 0 Å². The van der Waals surface area contributed by atoms with Gasteiger partial charge in [-0.1, -0.05) is 65.8 Å². The Morgan fingerprint density at radius 2 is 1.11 bits per heavy atom. The molecule has 287 valence electrons. The van der Waals surface area contributed by atoms with E-state index in [0.717, 1.165) is 65.3 Å². The average Bonchev–Trinajstić information content (AvgIpc) is 3.50. The predicted octanol–water partition coefficient (Wildman–Crippen LogP) is 12.0. The molecule has 4 nitrogen and oxygen atoms in total. The van der Waals surface area contributed by atoms with Crippen LogP contribution < -0.4 is 9.80 Å². The van der Waals surface area contributed by atoms with Crippen LogP contribution in [0.2, 0.25) is 0 Å². The summed E-state index contributed by atoms with van der Waals surface area (Å²) in [5, 5.41) is 0. The summed E-state index contributed by atoms with van der Waals surface area (Å²) in [5.41, 5.74) is 11.1. The molecule has 1 aliphatic rings. The summed E-state index contributed by atoms with van der Waals surface area (Å²) in [7, 11) is 2.06. The minimum atomic E-state index is -0.300. The van der Waals surface area contributed by atoms with Crippen molar-refractivity contribution in [3.05, 3.63) is 168 Å². The van der Waals surface area contributed by atoms with Crippen molar-refractivity contribution in [2.45, 2.75) is 78.1 Å². The number of unbranched alkanes of at least 4 members (excludes halogenated alkanes) is 1. The Morgan fingerprint density at radius 1 is 0.618 bits per heavy atom. The van der Waals surface area contributed by atoms with E-state index in [1.54, 1.807) is 12.1 Å². The van der Waals surface area contributed by atoms with Gasteiger partial charge in [0.15, 0.2) is 0 Å². The van der Waals surface area contributed by atoms with Crippen molar-refractivity contribution in [2.24, 2.45) is 0 Å². The maximum atomic E-state index is 13.4. The summed E-state index contributed by atoms with van der Waals surface area (Å²) in [5.74, 6) is -0.601. The molecule has 0 bridgehead atoms. The molecule has 4 aromatic carbocycles. The van der Waals surface area contributed by atoms with Crippen molar-refractivity contribution in [1.82, 2.24) is 9.97 Å². The Labute approximate surface area is 340 Å². The first-order chi connectivity index (χ1) is 25.7. The maximum absolute atomic E-state index is 13.4. The smallest absolute Gasteiger partial charge is 0.0379 e. The summed E-state index contributed by atoms with van der Waals surface area (Å²) in [4.78, 5) is 14.1. The molecule has 0 unspecified atom stereocenters. The van der Waals surface area contributed by atoms with Crippen LogP contribution in [0.1, 0.15) is 76.9 Å². The van der Waals surface area contributed by atoms with Crippen molar-refractivity contribution in [2.75, 3.05) is 16.8 Å². The standard InChI is InChI=1S/C34H36F2N2.C14H12N2.Ir/c1-33(2,3)25-19-29(37-31(21-25)23-11-15-27(35)16-12-23)9-7-8-10-30-20-26(34(4,5)6)22-32(38-30)24-13-17-28(36)18-14-24;1-15-11-16(12-7-3-2-4-8-12)14-10-6-5-9-13(14)15;/h11,13,15-22H,7-10H2,1-6H3;2-7,9-11H,1H3;/q2*-2;. The molecule has 0 saturated carbocycles. The van der Waals surface area contributed by atoms with Gasteiger partial charge >= 0.3 is 0 Å². The molecule has 1 radical (unpaired) electrons. The number of fused-ring (bicyclic) bond motifs is 1. The minimum Gasteiger partial charge on any atom is -0.504 e. The van der Waals surface area contributed by atoms with Gasteiger partial charge in [-0.3, -0.25) is 8.78 Å². The molecular formula is C48H48F2IrN4-4. The third-order valence-corrected chi connectivity index (χ3v) is 9.47. The first kappa shape index (κ1) is 41.5. The molecule has 0 saturated heterocycles. The van der Waals surface area contributed by atoms with E-state index in [1.165, 1.54) is 46.8 Å². The molecule has 55 heavy (non-hydrogen) atoms. The largest absolute Gasteiger partial charge is 0.504 e. The van der Waals surface area contributed by atoms with Crippen molar-refractivity contribution >= 4 is 17.1 Å². The fourth-order valence-electron chi connectivity index (χ4n) is 6.31. The number of hydrogen-bond donors (Lipinski definition) is 0. The number of para-hydroxylation sites is 3. The molecule has 1 aliphatic heterocycles. The van der Waals surface area contributed by atoms with Crippen LogP contribution in [0.5, 0.6) is 0 Å². The monoisotopic (exact) mass is 911 g/mol. The number of nitrogens with zero attached hydrogens (tertiary/aromatic N) is 4. The second kappa shape index (κ2) is 17.8. The molecule has 0 amide bonds. The van der Waals surface area contributed by atoms with Crippen LogP contribution in [0.15, 0.2) is 109 Å². The molecule has 6 aromatic rings. The molecule has 0 N–H and O–H groups in total. The third-order valence-electron chi connectivity index (χ3n) is 9.47. The molecule has 7 heteroatoms. The van der Waals surface area contributed by atoms with Gasteiger partial charge in [-0.25, -0.2) is 0 Å². The van der Waals surface area contributed by atoms with Gasteiger partial charge in [-0.15, -0.1) is 65.3 Å². The Balaban J connectivity index is 0.000000283. The van der Waals surface area contributed by atoms with Crippen LogP contribution in [0.3, 0.4) is 0 Å². The van der Waals surface area contributed by atoms with Crippen LogP contribution in [-0.2, 0) is 43.8 Å². The Kier molecular flexibility index (Phi) is 13.4. The number of pyridine rings is 2. The maximum Gasteiger partial charge on any atom is 0.0379 e. The number of aryl methyl sites for hydroxylation is 2. The van der Waals surface area contributed by atoms with Crippen molar-refractivity contribution < 1.29 is 28.9 Å². The molecule has 7 rings (SSSR count). The normalized spacial score (nSPS) is 12.5. The molecular weight excluding hydrogens is 863 g/mol. The zero-order valence-corrected chi connectivity index (χ0v) is 35.1. The Morgan fingerprint density at radius 3 is 1.55 bits per heavy atom. The van der Waals surface area contributed by atoms with Gasteiger partial charge in [-0.05, 0) is 90.3 Å². The van der Waals surface area contributed by atoms with Crippen molar-refractivity contribution in [1.29, 1.82) is 0 Å². The van der Waals surface area contributed by atoms with E-state index < -0.39 is 0 Å². The van der Waals surface area contributed by atoms with Crippen LogP contribution in [0, 0.1) is 36.5 Å².